The van der Waals surface area contributed by atoms with Crippen molar-refractivity contribution in [3.63, 3.8) is 0 Å². The van der Waals surface area contributed by atoms with Crippen LogP contribution in [-0.2, 0) is 9.59 Å². The van der Waals surface area contributed by atoms with Crippen molar-refractivity contribution in [3.05, 3.63) is 83.5 Å². The molecule has 0 unspecified atom stereocenters. The van der Waals surface area contributed by atoms with Gasteiger partial charge in [-0.1, -0.05) is 42.4 Å². The highest BCUT2D eigenvalue weighted by Crippen LogP contribution is 2.30. The van der Waals surface area contributed by atoms with Crippen molar-refractivity contribution in [2.45, 2.75) is 25.2 Å². The molecule has 0 saturated carbocycles. The number of hydrogen-bond donors (Lipinski definition) is 4. The van der Waals surface area contributed by atoms with E-state index in [9.17, 15) is 14.4 Å². The topological polar surface area (TPSA) is 128 Å². The quantitative estimate of drug-likeness (QED) is 0.191. The molecule has 10 nitrogen and oxygen atoms in total. The Morgan fingerprint density at radius 2 is 1.82 bits per heavy atom. The molecule has 1 aromatic heterocycles. The van der Waals surface area contributed by atoms with Crippen LogP contribution < -0.4 is 21.3 Å². The maximum absolute atomic E-state index is 12.4. The summed E-state index contributed by atoms with van der Waals surface area (Å²) >= 11 is 6.32. The summed E-state index contributed by atoms with van der Waals surface area (Å²) in [6, 6.07) is 15.0. The molecular formula is C29H32ClN7O3. The number of anilines is 4. The number of carbonyl (C=O) groups excluding carboxylic acids is 3. The van der Waals surface area contributed by atoms with E-state index in [1.165, 1.54) is 12.3 Å². The van der Waals surface area contributed by atoms with Gasteiger partial charge in [0.25, 0.3) is 5.91 Å². The summed E-state index contributed by atoms with van der Waals surface area (Å²) in [7, 11) is 1.57. The SMILES string of the molecule is C=CC(=O)NCCCCC(=O)N1CC(c2ccc(Nc3ncc(Cl)c(Nc4ccccc4C(=O)NC)n3)cc2)C1. The third-order valence-corrected chi connectivity index (χ3v) is 6.85. The van der Waals surface area contributed by atoms with Gasteiger partial charge in [-0.2, -0.15) is 4.98 Å². The Morgan fingerprint density at radius 3 is 2.55 bits per heavy atom. The second kappa shape index (κ2) is 13.6. The van der Waals surface area contributed by atoms with Gasteiger partial charge in [-0.3, -0.25) is 14.4 Å². The van der Waals surface area contributed by atoms with Crippen LogP contribution in [0.25, 0.3) is 0 Å². The Bertz CT molecular complexity index is 1370. The predicted molar refractivity (Wildman–Crippen MR) is 156 cm³/mol. The number of para-hydroxylation sites is 1. The van der Waals surface area contributed by atoms with E-state index in [1.807, 2.05) is 35.2 Å². The summed E-state index contributed by atoms with van der Waals surface area (Å²) in [5, 5.41) is 12.0. The Morgan fingerprint density at radius 1 is 1.07 bits per heavy atom. The number of rotatable bonds is 12. The Kier molecular flexibility index (Phi) is 9.69. The van der Waals surface area contributed by atoms with Crippen LogP contribution in [0, 0.1) is 0 Å². The molecule has 0 bridgehead atoms. The molecule has 4 N–H and O–H groups in total. The zero-order chi connectivity index (χ0) is 28.5. The van der Waals surface area contributed by atoms with E-state index in [1.54, 1.807) is 25.2 Å². The van der Waals surface area contributed by atoms with Crippen molar-refractivity contribution in [2.24, 2.45) is 0 Å². The van der Waals surface area contributed by atoms with Gasteiger partial charge in [-0.25, -0.2) is 4.98 Å². The summed E-state index contributed by atoms with van der Waals surface area (Å²) in [5.74, 6) is 0.743. The van der Waals surface area contributed by atoms with Gasteiger partial charge >= 0.3 is 0 Å². The number of unbranched alkanes of at least 4 members (excludes halogenated alkanes) is 1. The van der Waals surface area contributed by atoms with Crippen molar-refractivity contribution in [1.82, 2.24) is 25.5 Å². The number of aromatic nitrogens is 2. The summed E-state index contributed by atoms with van der Waals surface area (Å²) in [4.78, 5) is 46.4. The molecular weight excluding hydrogens is 530 g/mol. The lowest BCUT2D eigenvalue weighted by atomic mass is 9.91. The van der Waals surface area contributed by atoms with E-state index in [0.717, 1.165) is 24.1 Å². The minimum absolute atomic E-state index is 0.145. The Hall–Kier alpha value is -4.44. The van der Waals surface area contributed by atoms with Gasteiger partial charge < -0.3 is 26.2 Å². The number of benzene rings is 2. The number of carbonyl (C=O) groups is 3. The molecule has 1 saturated heterocycles. The Balaban J connectivity index is 1.28. The number of likely N-dealkylation sites (tertiary alicyclic amines) is 1. The minimum atomic E-state index is -0.225. The first-order chi connectivity index (χ1) is 19.4. The Labute approximate surface area is 238 Å². The van der Waals surface area contributed by atoms with Gasteiger partial charge in [0, 0.05) is 44.7 Å². The van der Waals surface area contributed by atoms with Crippen LogP contribution in [0.3, 0.4) is 0 Å². The van der Waals surface area contributed by atoms with E-state index in [-0.39, 0.29) is 17.7 Å². The molecule has 11 heteroatoms. The molecule has 0 spiro atoms. The summed E-state index contributed by atoms with van der Waals surface area (Å²) in [6.45, 7) is 5.36. The molecule has 0 aliphatic carbocycles. The monoisotopic (exact) mass is 561 g/mol. The fraction of sp³-hybridized carbons (Fsp3) is 0.276. The lowest BCUT2D eigenvalue weighted by Gasteiger charge is -2.39. The molecule has 40 heavy (non-hydrogen) atoms. The van der Waals surface area contributed by atoms with Gasteiger partial charge in [-0.15, -0.1) is 0 Å². The molecule has 2 heterocycles. The molecule has 2 aromatic carbocycles. The first kappa shape index (κ1) is 28.6. The molecule has 208 valence electrons. The molecule has 4 rings (SSSR count). The number of nitrogens with one attached hydrogen (secondary N) is 4. The number of halogens is 1. The number of amides is 3. The lowest BCUT2D eigenvalue weighted by molar-refractivity contribution is -0.135. The van der Waals surface area contributed by atoms with Gasteiger partial charge in [-0.05, 0) is 48.7 Å². The van der Waals surface area contributed by atoms with E-state index < -0.39 is 0 Å². The van der Waals surface area contributed by atoms with Gasteiger partial charge in [0.15, 0.2) is 5.82 Å². The van der Waals surface area contributed by atoms with Crippen LogP contribution in [0.2, 0.25) is 5.02 Å². The molecule has 1 fully saturated rings. The summed E-state index contributed by atoms with van der Waals surface area (Å²) in [6.07, 6.45) is 4.71. The van der Waals surface area contributed by atoms with Gasteiger partial charge in [0.2, 0.25) is 17.8 Å². The second-order valence-corrected chi connectivity index (χ2v) is 9.74. The van der Waals surface area contributed by atoms with Crippen molar-refractivity contribution in [1.29, 1.82) is 0 Å². The van der Waals surface area contributed by atoms with Crippen molar-refractivity contribution in [2.75, 3.05) is 37.3 Å². The maximum Gasteiger partial charge on any atom is 0.253 e. The van der Waals surface area contributed by atoms with E-state index in [2.05, 4.69) is 37.8 Å². The molecule has 3 amide bonds. The van der Waals surface area contributed by atoms with Crippen LogP contribution in [-0.4, -0.2) is 59.3 Å². The zero-order valence-corrected chi connectivity index (χ0v) is 23.0. The minimum Gasteiger partial charge on any atom is -0.355 e. The normalized spacial score (nSPS) is 12.7. The number of hydrogen-bond acceptors (Lipinski definition) is 7. The fourth-order valence-electron chi connectivity index (χ4n) is 4.27. The zero-order valence-electron chi connectivity index (χ0n) is 22.2. The first-order valence-corrected chi connectivity index (χ1v) is 13.4. The molecule has 3 aromatic rings. The second-order valence-electron chi connectivity index (χ2n) is 9.33. The standard InChI is InChI=1S/C29H32ClN7O3/c1-3-25(38)32-15-7-6-10-26(39)37-17-20(18-37)19-11-13-21(14-12-19)34-29-33-16-23(30)27(36-29)35-24-9-5-4-8-22(24)28(40)31-2/h3-5,8-9,11-14,16,20H,1,6-7,10,15,17-18H2,2H3,(H,31,40)(H,32,38)(H2,33,34,35,36). The predicted octanol–water partition coefficient (Wildman–Crippen LogP) is 4.38. The third kappa shape index (κ3) is 7.35. The highest BCUT2D eigenvalue weighted by atomic mass is 35.5. The number of nitrogens with zero attached hydrogens (tertiary/aromatic N) is 3. The van der Waals surface area contributed by atoms with Crippen LogP contribution in [0.4, 0.5) is 23.1 Å². The molecule has 1 aliphatic rings. The fourth-order valence-corrected chi connectivity index (χ4v) is 4.41. The van der Waals surface area contributed by atoms with Gasteiger partial charge in [0.05, 0.1) is 17.4 Å². The summed E-state index contributed by atoms with van der Waals surface area (Å²) < 4.78 is 0. The largest absolute Gasteiger partial charge is 0.355 e. The van der Waals surface area contributed by atoms with Crippen molar-refractivity contribution in [3.8, 4) is 0 Å². The smallest absolute Gasteiger partial charge is 0.253 e. The van der Waals surface area contributed by atoms with E-state index in [4.69, 9.17) is 11.6 Å². The molecule has 1 aliphatic heterocycles. The van der Waals surface area contributed by atoms with Crippen LogP contribution in [0.1, 0.15) is 41.1 Å². The first-order valence-electron chi connectivity index (χ1n) is 13.0. The van der Waals surface area contributed by atoms with Crippen LogP contribution >= 0.6 is 11.6 Å². The van der Waals surface area contributed by atoms with Crippen LogP contribution in [0.15, 0.2) is 67.4 Å². The average molecular weight is 562 g/mol. The highest BCUT2D eigenvalue weighted by Gasteiger charge is 2.31. The lowest BCUT2D eigenvalue weighted by Crippen LogP contribution is -2.48. The average Bonchev–Trinajstić information content (AvgIpc) is 2.94. The van der Waals surface area contributed by atoms with Crippen molar-refractivity contribution >= 4 is 52.5 Å². The highest BCUT2D eigenvalue weighted by molar-refractivity contribution is 6.33. The molecule has 0 radical (unpaired) electrons. The van der Waals surface area contributed by atoms with Crippen LogP contribution in [0.5, 0.6) is 0 Å². The van der Waals surface area contributed by atoms with E-state index >= 15 is 0 Å². The molecule has 0 atom stereocenters. The van der Waals surface area contributed by atoms with E-state index in [0.29, 0.717) is 60.0 Å². The summed E-state index contributed by atoms with van der Waals surface area (Å²) in [5.41, 5.74) is 3.00. The third-order valence-electron chi connectivity index (χ3n) is 6.57. The van der Waals surface area contributed by atoms with Crippen molar-refractivity contribution < 1.29 is 14.4 Å². The maximum atomic E-state index is 12.4. The van der Waals surface area contributed by atoms with Gasteiger partial charge in [0.1, 0.15) is 5.02 Å².